The molecule has 0 aliphatic carbocycles. The highest BCUT2D eigenvalue weighted by atomic mass is 35.5. The molecule has 144 valence electrons. The third-order valence-corrected chi connectivity index (χ3v) is 4.66. The highest BCUT2D eigenvalue weighted by Crippen LogP contribution is 2.29. The molecule has 0 bridgehead atoms. The Morgan fingerprint density at radius 3 is 2.79 bits per heavy atom. The van der Waals surface area contributed by atoms with Gasteiger partial charge in [-0.05, 0) is 35.9 Å². The quantitative estimate of drug-likeness (QED) is 0.505. The third kappa shape index (κ3) is 4.52. The highest BCUT2D eigenvalue weighted by Gasteiger charge is 2.11. The van der Waals surface area contributed by atoms with Crippen molar-refractivity contribution in [2.45, 2.75) is 13.1 Å². The van der Waals surface area contributed by atoms with Crippen LogP contribution in [0.3, 0.4) is 0 Å². The number of hydrogen-bond acceptors (Lipinski definition) is 6. The number of fused-ring (bicyclic) bond motifs is 1. The van der Waals surface area contributed by atoms with Crippen LogP contribution in [-0.2, 0) is 13.1 Å². The van der Waals surface area contributed by atoms with E-state index in [1.54, 1.807) is 13.2 Å². The molecule has 0 saturated heterocycles. The number of nitrogens with zero attached hydrogens (tertiary/aromatic N) is 2. The number of aliphatic hydroxyl groups is 1. The zero-order valence-electron chi connectivity index (χ0n) is 15.5. The molecule has 0 amide bonds. The molecule has 28 heavy (non-hydrogen) atoms. The van der Waals surface area contributed by atoms with Crippen LogP contribution in [0.4, 0.5) is 5.69 Å². The van der Waals surface area contributed by atoms with E-state index in [9.17, 15) is 5.26 Å². The minimum atomic E-state index is 0.0622. The summed E-state index contributed by atoms with van der Waals surface area (Å²) in [4.78, 5) is 4.50. The molecule has 6 nitrogen and oxygen atoms in total. The predicted octanol–water partition coefficient (Wildman–Crippen LogP) is 3.46. The molecule has 7 heteroatoms. The van der Waals surface area contributed by atoms with Crippen LogP contribution in [0.25, 0.3) is 10.9 Å². The molecule has 0 unspecified atom stereocenters. The van der Waals surface area contributed by atoms with E-state index in [1.165, 1.54) is 0 Å². The van der Waals surface area contributed by atoms with E-state index in [-0.39, 0.29) is 6.61 Å². The topological polar surface area (TPSA) is 90.2 Å². The Morgan fingerprint density at radius 2 is 2.07 bits per heavy atom. The van der Waals surface area contributed by atoms with Crippen LogP contribution in [-0.4, -0.2) is 30.4 Å². The lowest BCUT2D eigenvalue weighted by Crippen LogP contribution is -2.18. The molecule has 0 fully saturated rings. The smallest absolute Gasteiger partial charge is 0.137 e. The van der Waals surface area contributed by atoms with Gasteiger partial charge >= 0.3 is 0 Å². The number of nitriles is 1. The van der Waals surface area contributed by atoms with E-state index < -0.39 is 0 Å². The van der Waals surface area contributed by atoms with Crippen LogP contribution in [0.15, 0.2) is 42.6 Å². The number of pyridine rings is 1. The van der Waals surface area contributed by atoms with Gasteiger partial charge in [0.05, 0.1) is 35.9 Å². The highest BCUT2D eigenvalue weighted by molar-refractivity contribution is 6.32. The fraction of sp³-hybridized carbons (Fsp3) is 0.238. The van der Waals surface area contributed by atoms with Gasteiger partial charge in [-0.25, -0.2) is 0 Å². The molecule has 3 N–H and O–H groups in total. The third-order valence-electron chi connectivity index (χ3n) is 4.37. The summed E-state index contributed by atoms with van der Waals surface area (Å²) in [6, 6.07) is 13.3. The van der Waals surface area contributed by atoms with Gasteiger partial charge in [0.2, 0.25) is 0 Å². The lowest BCUT2D eigenvalue weighted by molar-refractivity contribution is 0.292. The van der Waals surface area contributed by atoms with Gasteiger partial charge in [0.15, 0.2) is 0 Å². The molecule has 0 radical (unpaired) electrons. The standard InChI is InChI=1S/C21H21ClN4O2/c1-28-20-5-3-15(9-18(20)22)11-26-21-16(12-24-6-7-27)13-25-19-4-2-14(10-23)8-17(19)21/h2-5,8-9,13,24,27H,6-7,11-12H2,1H3,(H,25,26). The first kappa shape index (κ1) is 19.9. The SMILES string of the molecule is COc1ccc(CNc2c(CNCCO)cnc3ccc(C#N)cc23)cc1Cl. The number of anilines is 1. The van der Waals surface area contributed by atoms with Gasteiger partial charge in [0.25, 0.3) is 0 Å². The van der Waals surface area contributed by atoms with E-state index in [0.29, 0.717) is 36.0 Å². The van der Waals surface area contributed by atoms with Crippen LogP contribution in [0, 0.1) is 11.3 Å². The molecule has 1 heterocycles. The van der Waals surface area contributed by atoms with Crippen molar-refractivity contribution in [1.82, 2.24) is 10.3 Å². The largest absolute Gasteiger partial charge is 0.495 e. The summed E-state index contributed by atoms with van der Waals surface area (Å²) in [5.74, 6) is 0.632. The summed E-state index contributed by atoms with van der Waals surface area (Å²) >= 11 is 6.23. The first-order valence-corrected chi connectivity index (χ1v) is 9.23. The zero-order chi connectivity index (χ0) is 19.9. The molecular formula is C21H21ClN4O2. The minimum absolute atomic E-state index is 0.0622. The summed E-state index contributed by atoms with van der Waals surface area (Å²) < 4.78 is 5.20. The van der Waals surface area contributed by atoms with E-state index in [0.717, 1.165) is 27.7 Å². The maximum Gasteiger partial charge on any atom is 0.137 e. The molecule has 0 aliphatic rings. The van der Waals surface area contributed by atoms with Gasteiger partial charge in [0, 0.05) is 42.5 Å². The summed E-state index contributed by atoms with van der Waals surface area (Å²) in [5, 5.41) is 26.4. The number of hydrogen-bond donors (Lipinski definition) is 3. The minimum Gasteiger partial charge on any atom is -0.495 e. The van der Waals surface area contributed by atoms with E-state index in [1.807, 2.05) is 36.5 Å². The van der Waals surface area contributed by atoms with Crippen LogP contribution in [0.5, 0.6) is 5.75 Å². The molecule has 1 aromatic heterocycles. The molecule has 0 atom stereocenters. The molecule has 2 aromatic carbocycles. The maximum atomic E-state index is 9.26. The van der Waals surface area contributed by atoms with Crippen molar-refractivity contribution in [3.05, 3.63) is 64.3 Å². The lowest BCUT2D eigenvalue weighted by atomic mass is 10.1. The second kappa shape index (κ2) is 9.38. The van der Waals surface area contributed by atoms with Gasteiger partial charge in [-0.3, -0.25) is 4.98 Å². The van der Waals surface area contributed by atoms with E-state index in [2.05, 4.69) is 21.7 Å². The monoisotopic (exact) mass is 396 g/mol. The molecule has 0 aliphatic heterocycles. The first-order valence-electron chi connectivity index (χ1n) is 8.86. The molecule has 3 rings (SSSR count). The number of methoxy groups -OCH3 is 1. The van der Waals surface area contributed by atoms with Crippen molar-refractivity contribution in [3.8, 4) is 11.8 Å². The number of benzene rings is 2. The lowest BCUT2D eigenvalue weighted by Gasteiger charge is -2.16. The van der Waals surface area contributed by atoms with Crippen LogP contribution in [0.1, 0.15) is 16.7 Å². The van der Waals surface area contributed by atoms with E-state index in [4.69, 9.17) is 21.4 Å². The predicted molar refractivity (Wildman–Crippen MR) is 111 cm³/mol. The molecular weight excluding hydrogens is 376 g/mol. The van der Waals surface area contributed by atoms with Crippen molar-refractivity contribution in [2.24, 2.45) is 0 Å². The Labute approximate surface area is 168 Å². The van der Waals surface area contributed by atoms with Crippen molar-refractivity contribution in [2.75, 3.05) is 25.6 Å². The maximum absolute atomic E-state index is 9.26. The molecule has 3 aromatic rings. The summed E-state index contributed by atoms with van der Waals surface area (Å²) in [7, 11) is 1.58. The van der Waals surface area contributed by atoms with Gasteiger partial charge in [-0.1, -0.05) is 17.7 Å². The van der Waals surface area contributed by atoms with Crippen LogP contribution in [0.2, 0.25) is 5.02 Å². The molecule has 0 saturated carbocycles. The van der Waals surface area contributed by atoms with Crippen molar-refractivity contribution in [3.63, 3.8) is 0 Å². The van der Waals surface area contributed by atoms with Crippen LogP contribution >= 0.6 is 11.6 Å². The van der Waals surface area contributed by atoms with Crippen molar-refractivity contribution in [1.29, 1.82) is 5.26 Å². The zero-order valence-corrected chi connectivity index (χ0v) is 16.3. The molecule has 0 spiro atoms. The average molecular weight is 397 g/mol. The Bertz CT molecular complexity index is 1020. The fourth-order valence-electron chi connectivity index (χ4n) is 2.96. The number of aliphatic hydroxyl groups excluding tert-OH is 1. The Balaban J connectivity index is 1.94. The number of ether oxygens (including phenoxy) is 1. The number of aromatic nitrogens is 1. The van der Waals surface area contributed by atoms with Gasteiger partial charge in [-0.15, -0.1) is 0 Å². The average Bonchev–Trinajstić information content (AvgIpc) is 2.72. The Kier molecular flexibility index (Phi) is 6.66. The normalized spacial score (nSPS) is 10.6. The number of halogens is 1. The first-order chi connectivity index (χ1) is 13.7. The van der Waals surface area contributed by atoms with Crippen LogP contribution < -0.4 is 15.4 Å². The second-order valence-corrected chi connectivity index (χ2v) is 6.63. The van der Waals surface area contributed by atoms with Crippen molar-refractivity contribution >= 4 is 28.2 Å². The van der Waals surface area contributed by atoms with Gasteiger partial charge in [0.1, 0.15) is 5.75 Å². The number of nitrogens with one attached hydrogen (secondary N) is 2. The van der Waals surface area contributed by atoms with Gasteiger partial charge < -0.3 is 20.5 Å². The van der Waals surface area contributed by atoms with Crippen molar-refractivity contribution < 1.29 is 9.84 Å². The Morgan fingerprint density at radius 1 is 1.21 bits per heavy atom. The van der Waals surface area contributed by atoms with E-state index >= 15 is 0 Å². The number of rotatable bonds is 8. The van der Waals surface area contributed by atoms with Gasteiger partial charge in [-0.2, -0.15) is 5.26 Å². The summed E-state index contributed by atoms with van der Waals surface area (Å²) in [6.07, 6.45) is 1.81. The fourth-order valence-corrected chi connectivity index (χ4v) is 3.24. The second-order valence-electron chi connectivity index (χ2n) is 6.23. The Hall–Kier alpha value is -2.85. The summed E-state index contributed by atoms with van der Waals surface area (Å²) in [5.41, 5.74) is 4.24. The summed E-state index contributed by atoms with van der Waals surface area (Å²) in [6.45, 7) is 1.65.